The number of nitrogens with zero attached hydrogens (tertiary/aromatic N) is 2. The summed E-state index contributed by atoms with van der Waals surface area (Å²) in [4.78, 5) is 30.3. The number of likely N-dealkylation sites (tertiary alicyclic amines) is 1. The molecule has 8 heteroatoms. The quantitative estimate of drug-likeness (QED) is 0.883. The van der Waals surface area contributed by atoms with E-state index >= 15 is 0 Å². The Morgan fingerprint density at radius 3 is 3.00 bits per heavy atom. The average Bonchev–Trinajstić information content (AvgIpc) is 3.18. The number of amides is 2. The average molecular weight is 384 g/mol. The van der Waals surface area contributed by atoms with Crippen LogP contribution in [0.5, 0.6) is 0 Å². The van der Waals surface area contributed by atoms with E-state index in [0.29, 0.717) is 22.9 Å². The highest BCUT2D eigenvalue weighted by Gasteiger charge is 2.30. The van der Waals surface area contributed by atoms with Crippen molar-refractivity contribution in [1.29, 1.82) is 0 Å². The smallest absolute Gasteiger partial charge is 0.289 e. The SMILES string of the molecule is O=C(Nc1nccs1)C1CCCN(C(=O)c2ccc(Br)o2)C1. The van der Waals surface area contributed by atoms with Gasteiger partial charge in [-0.1, -0.05) is 0 Å². The Labute approximate surface area is 139 Å². The summed E-state index contributed by atoms with van der Waals surface area (Å²) in [7, 11) is 0. The molecule has 1 aliphatic rings. The zero-order valence-electron chi connectivity index (χ0n) is 11.6. The van der Waals surface area contributed by atoms with Crippen molar-refractivity contribution in [1.82, 2.24) is 9.88 Å². The molecule has 0 aliphatic carbocycles. The Bertz CT molecular complexity index is 671. The molecule has 0 spiro atoms. The molecular weight excluding hydrogens is 370 g/mol. The predicted molar refractivity (Wildman–Crippen MR) is 85.8 cm³/mol. The molecule has 1 fully saturated rings. The molecule has 3 rings (SSSR count). The molecule has 0 bridgehead atoms. The van der Waals surface area contributed by atoms with Crippen LogP contribution >= 0.6 is 27.3 Å². The van der Waals surface area contributed by atoms with Gasteiger partial charge in [-0.2, -0.15) is 0 Å². The number of hydrogen-bond acceptors (Lipinski definition) is 5. The van der Waals surface area contributed by atoms with Crippen molar-refractivity contribution in [3.63, 3.8) is 0 Å². The standard InChI is InChI=1S/C14H14BrN3O3S/c15-11-4-3-10(21-11)13(20)18-6-1-2-9(8-18)12(19)17-14-16-5-7-22-14/h3-5,7,9H,1-2,6,8H2,(H,16,17,19). The van der Waals surface area contributed by atoms with Gasteiger partial charge in [0.2, 0.25) is 5.91 Å². The van der Waals surface area contributed by atoms with Gasteiger partial charge >= 0.3 is 0 Å². The van der Waals surface area contributed by atoms with Crippen molar-refractivity contribution >= 4 is 44.2 Å². The predicted octanol–water partition coefficient (Wildman–Crippen LogP) is 2.99. The number of nitrogens with one attached hydrogen (secondary N) is 1. The minimum Gasteiger partial charge on any atom is -0.444 e. The first-order valence-corrected chi connectivity index (χ1v) is 8.56. The summed E-state index contributed by atoms with van der Waals surface area (Å²) in [5.41, 5.74) is 0. The number of halogens is 1. The molecular formula is C14H14BrN3O3S. The van der Waals surface area contributed by atoms with Crippen molar-refractivity contribution in [2.45, 2.75) is 12.8 Å². The molecule has 0 radical (unpaired) electrons. The summed E-state index contributed by atoms with van der Waals surface area (Å²) in [6, 6.07) is 3.31. The highest BCUT2D eigenvalue weighted by Crippen LogP contribution is 2.22. The molecule has 6 nitrogen and oxygen atoms in total. The molecule has 1 atom stereocenters. The number of aromatic nitrogens is 1. The Hall–Kier alpha value is -1.67. The van der Waals surface area contributed by atoms with Crippen LogP contribution < -0.4 is 5.32 Å². The second-order valence-corrected chi connectivity index (χ2v) is 6.70. The largest absolute Gasteiger partial charge is 0.444 e. The minimum absolute atomic E-state index is 0.0897. The van der Waals surface area contributed by atoms with Crippen LogP contribution in [0.15, 0.2) is 32.8 Å². The Balaban J connectivity index is 1.63. The number of hydrogen-bond donors (Lipinski definition) is 1. The van der Waals surface area contributed by atoms with Crippen LogP contribution in [0, 0.1) is 5.92 Å². The summed E-state index contributed by atoms with van der Waals surface area (Å²) in [5.74, 6) is -0.210. The van der Waals surface area contributed by atoms with E-state index in [0.717, 1.165) is 12.8 Å². The molecule has 2 aromatic rings. The number of thiazole rings is 1. The van der Waals surface area contributed by atoms with Gasteiger partial charge in [0.05, 0.1) is 5.92 Å². The molecule has 3 heterocycles. The fourth-order valence-electron chi connectivity index (χ4n) is 2.45. The maximum absolute atomic E-state index is 12.4. The van der Waals surface area contributed by atoms with E-state index < -0.39 is 0 Å². The number of anilines is 1. The van der Waals surface area contributed by atoms with E-state index in [1.807, 2.05) is 0 Å². The van der Waals surface area contributed by atoms with E-state index in [-0.39, 0.29) is 23.5 Å². The number of piperidine rings is 1. The topological polar surface area (TPSA) is 75.4 Å². The molecule has 2 amide bonds. The number of carbonyl (C=O) groups is 2. The fourth-order valence-corrected chi connectivity index (χ4v) is 3.29. The summed E-state index contributed by atoms with van der Waals surface area (Å²) in [6.45, 7) is 1.03. The molecule has 22 heavy (non-hydrogen) atoms. The van der Waals surface area contributed by atoms with Crippen LogP contribution in [-0.2, 0) is 4.79 Å². The van der Waals surface area contributed by atoms with Crippen molar-refractivity contribution in [2.75, 3.05) is 18.4 Å². The van der Waals surface area contributed by atoms with Gasteiger partial charge in [0.25, 0.3) is 5.91 Å². The zero-order valence-corrected chi connectivity index (χ0v) is 14.0. The second kappa shape index (κ2) is 6.62. The first-order chi connectivity index (χ1) is 10.6. The van der Waals surface area contributed by atoms with Crippen LogP contribution in [0.4, 0.5) is 5.13 Å². The summed E-state index contributed by atoms with van der Waals surface area (Å²) >= 11 is 4.56. The maximum Gasteiger partial charge on any atom is 0.289 e. The first kappa shape index (κ1) is 15.2. The van der Waals surface area contributed by atoms with Crippen molar-refractivity contribution < 1.29 is 14.0 Å². The van der Waals surface area contributed by atoms with Crippen molar-refractivity contribution in [3.05, 3.63) is 34.1 Å². The summed E-state index contributed by atoms with van der Waals surface area (Å²) in [6.07, 6.45) is 3.21. The zero-order chi connectivity index (χ0) is 15.5. The Kier molecular flexibility index (Phi) is 4.58. The van der Waals surface area contributed by atoms with Crippen LogP contribution in [0.25, 0.3) is 0 Å². The number of furan rings is 1. The van der Waals surface area contributed by atoms with Gasteiger partial charge in [0, 0.05) is 24.7 Å². The van der Waals surface area contributed by atoms with E-state index in [4.69, 9.17) is 4.42 Å². The lowest BCUT2D eigenvalue weighted by Crippen LogP contribution is -2.43. The molecule has 1 unspecified atom stereocenters. The molecule has 1 aliphatic heterocycles. The fraction of sp³-hybridized carbons (Fsp3) is 0.357. The van der Waals surface area contributed by atoms with Gasteiger partial charge in [0.15, 0.2) is 15.6 Å². The molecule has 1 N–H and O–H groups in total. The van der Waals surface area contributed by atoms with Gasteiger partial charge in [0.1, 0.15) is 0 Å². The van der Waals surface area contributed by atoms with Crippen LogP contribution in [0.3, 0.4) is 0 Å². The van der Waals surface area contributed by atoms with Crippen molar-refractivity contribution in [2.24, 2.45) is 5.92 Å². The third-order valence-electron chi connectivity index (χ3n) is 3.53. The van der Waals surface area contributed by atoms with Gasteiger partial charge in [-0.25, -0.2) is 4.98 Å². The van der Waals surface area contributed by atoms with E-state index in [2.05, 4.69) is 26.2 Å². The van der Waals surface area contributed by atoms with E-state index in [1.54, 1.807) is 28.6 Å². The lowest BCUT2D eigenvalue weighted by molar-refractivity contribution is -0.121. The van der Waals surface area contributed by atoms with Gasteiger partial charge in [-0.05, 0) is 40.9 Å². The van der Waals surface area contributed by atoms with Crippen molar-refractivity contribution in [3.8, 4) is 0 Å². The third-order valence-corrected chi connectivity index (χ3v) is 4.64. The molecule has 116 valence electrons. The van der Waals surface area contributed by atoms with Gasteiger partial charge in [-0.3, -0.25) is 9.59 Å². The summed E-state index contributed by atoms with van der Waals surface area (Å²) < 4.78 is 5.82. The molecule has 2 aromatic heterocycles. The van der Waals surface area contributed by atoms with Crippen LogP contribution in [0.1, 0.15) is 23.4 Å². The third kappa shape index (κ3) is 3.38. The van der Waals surface area contributed by atoms with E-state index in [1.165, 1.54) is 11.3 Å². The molecule has 1 saturated heterocycles. The lowest BCUT2D eigenvalue weighted by atomic mass is 9.97. The maximum atomic E-state index is 12.4. The Morgan fingerprint density at radius 1 is 1.45 bits per heavy atom. The highest BCUT2D eigenvalue weighted by molar-refractivity contribution is 9.10. The Morgan fingerprint density at radius 2 is 2.32 bits per heavy atom. The van der Waals surface area contributed by atoms with Crippen LogP contribution in [0.2, 0.25) is 0 Å². The van der Waals surface area contributed by atoms with E-state index in [9.17, 15) is 9.59 Å². The lowest BCUT2D eigenvalue weighted by Gasteiger charge is -2.31. The van der Waals surface area contributed by atoms with Gasteiger partial charge in [-0.15, -0.1) is 11.3 Å². The normalized spacial score (nSPS) is 18.2. The first-order valence-electron chi connectivity index (χ1n) is 6.88. The minimum atomic E-state index is -0.222. The second-order valence-electron chi connectivity index (χ2n) is 5.02. The monoisotopic (exact) mass is 383 g/mol. The van der Waals surface area contributed by atoms with Gasteiger partial charge < -0.3 is 14.6 Å². The number of rotatable bonds is 3. The summed E-state index contributed by atoms with van der Waals surface area (Å²) in [5, 5.41) is 5.19. The number of carbonyl (C=O) groups excluding carboxylic acids is 2. The highest BCUT2D eigenvalue weighted by atomic mass is 79.9. The molecule has 0 aromatic carbocycles. The van der Waals surface area contributed by atoms with Crippen LogP contribution in [-0.4, -0.2) is 34.8 Å². The molecule has 0 saturated carbocycles.